The third kappa shape index (κ3) is 3.60. The Labute approximate surface area is 123 Å². The first kappa shape index (κ1) is 14.6. The molecule has 0 aromatic heterocycles. The van der Waals surface area contributed by atoms with Gasteiger partial charge in [0.05, 0.1) is 17.6 Å². The molecule has 0 radical (unpaired) electrons. The van der Waals surface area contributed by atoms with E-state index in [4.69, 9.17) is 15.7 Å². The predicted molar refractivity (Wildman–Crippen MR) is 76.0 cm³/mol. The Morgan fingerprint density at radius 1 is 1.55 bits per heavy atom. The van der Waals surface area contributed by atoms with Gasteiger partial charge >= 0.3 is 0 Å². The Morgan fingerprint density at radius 3 is 2.80 bits per heavy atom. The predicted octanol–water partition coefficient (Wildman–Crippen LogP) is 2.65. The molecule has 0 saturated heterocycles. The smallest absolute Gasteiger partial charge is 0.274 e. The highest BCUT2D eigenvalue weighted by Gasteiger charge is 2.44. The topological polar surface area (TPSA) is 111 Å². The van der Waals surface area contributed by atoms with Crippen molar-refractivity contribution in [1.82, 2.24) is 0 Å². The van der Waals surface area contributed by atoms with Crippen LogP contribution in [0.2, 0.25) is 0 Å². The first-order valence-corrected chi connectivity index (χ1v) is 6.78. The van der Waals surface area contributed by atoms with Gasteiger partial charge in [-0.2, -0.15) is 0 Å². The number of amidine groups is 1. The maximum atomic E-state index is 10.8. The van der Waals surface area contributed by atoms with Crippen molar-refractivity contribution >= 4 is 27.5 Å². The molecule has 3 N–H and O–H groups in total. The lowest BCUT2D eigenvalue weighted by atomic mass is 10.0. The van der Waals surface area contributed by atoms with Crippen LogP contribution in [0.4, 0.5) is 5.69 Å². The molecule has 2 rings (SSSR count). The molecule has 0 spiro atoms. The second kappa shape index (κ2) is 5.66. The molecule has 0 heterocycles. The van der Waals surface area contributed by atoms with E-state index in [-0.39, 0.29) is 16.9 Å². The van der Waals surface area contributed by atoms with Crippen molar-refractivity contribution in [2.24, 2.45) is 16.3 Å². The molecule has 0 amide bonds. The summed E-state index contributed by atoms with van der Waals surface area (Å²) in [6.07, 6.45) is 2.32. The fraction of sp³-hybridized carbons (Fsp3) is 0.417. The van der Waals surface area contributed by atoms with Gasteiger partial charge in [-0.25, -0.2) is 0 Å². The lowest BCUT2D eigenvalue weighted by Crippen LogP contribution is -2.22. The zero-order valence-electron chi connectivity index (χ0n) is 10.6. The monoisotopic (exact) mass is 343 g/mol. The van der Waals surface area contributed by atoms with Gasteiger partial charge in [-0.05, 0) is 18.9 Å². The molecule has 0 bridgehead atoms. The number of hydrogen-bond acceptors (Lipinski definition) is 5. The molecule has 0 atom stereocenters. The third-order valence-corrected chi connectivity index (χ3v) is 3.71. The van der Waals surface area contributed by atoms with Crippen molar-refractivity contribution < 1.29 is 14.9 Å². The number of nitrogens with zero attached hydrogens (tertiary/aromatic N) is 2. The molecule has 1 fully saturated rings. The highest BCUT2D eigenvalue weighted by atomic mass is 79.9. The number of nitrogens with two attached hydrogens (primary N) is 1. The van der Waals surface area contributed by atoms with Crippen LogP contribution in [-0.2, 0) is 0 Å². The standard InChI is InChI=1S/C12H14BrN3O4/c13-8-3-9(16(18)19)5-10(4-8)20-7-12(1-2-12)6-11(14)15-17/h3-5,17H,1-2,6-7H2,(H2,14,15). The Kier molecular flexibility index (Phi) is 4.12. The molecule has 1 aromatic rings. The van der Waals surface area contributed by atoms with Crippen LogP contribution >= 0.6 is 15.9 Å². The summed E-state index contributed by atoms with van der Waals surface area (Å²) in [4.78, 5) is 10.3. The summed E-state index contributed by atoms with van der Waals surface area (Å²) in [5.74, 6) is 0.600. The Morgan fingerprint density at radius 2 is 2.25 bits per heavy atom. The molecule has 0 unspecified atom stereocenters. The van der Waals surface area contributed by atoms with Crippen LogP contribution in [0.3, 0.4) is 0 Å². The molecule has 1 aliphatic rings. The van der Waals surface area contributed by atoms with E-state index < -0.39 is 4.92 Å². The van der Waals surface area contributed by atoms with Gasteiger partial charge in [0.1, 0.15) is 11.6 Å². The molecule has 0 aliphatic heterocycles. The average molecular weight is 344 g/mol. The normalized spacial score (nSPS) is 16.8. The Balaban J connectivity index is 2.02. The highest BCUT2D eigenvalue weighted by molar-refractivity contribution is 9.10. The van der Waals surface area contributed by atoms with Crippen molar-refractivity contribution in [3.05, 3.63) is 32.8 Å². The minimum absolute atomic E-state index is 0.0318. The van der Waals surface area contributed by atoms with Crippen molar-refractivity contribution in [3.8, 4) is 5.75 Å². The number of ether oxygens (including phenoxy) is 1. The lowest BCUT2D eigenvalue weighted by Gasteiger charge is -2.15. The number of nitro benzene ring substituents is 1. The number of benzene rings is 1. The van der Waals surface area contributed by atoms with E-state index in [1.54, 1.807) is 6.07 Å². The lowest BCUT2D eigenvalue weighted by molar-refractivity contribution is -0.385. The Hall–Kier alpha value is -1.83. The summed E-state index contributed by atoms with van der Waals surface area (Å²) >= 11 is 3.21. The maximum Gasteiger partial charge on any atom is 0.274 e. The number of rotatable bonds is 6. The molecule has 20 heavy (non-hydrogen) atoms. The van der Waals surface area contributed by atoms with Crippen LogP contribution in [0.15, 0.2) is 27.8 Å². The van der Waals surface area contributed by atoms with Gasteiger partial charge in [-0.1, -0.05) is 21.1 Å². The van der Waals surface area contributed by atoms with Crippen molar-refractivity contribution in [2.75, 3.05) is 6.61 Å². The van der Waals surface area contributed by atoms with E-state index in [0.29, 0.717) is 23.2 Å². The summed E-state index contributed by atoms with van der Waals surface area (Å²) in [7, 11) is 0. The van der Waals surface area contributed by atoms with E-state index in [0.717, 1.165) is 12.8 Å². The summed E-state index contributed by atoms with van der Waals surface area (Å²) in [5, 5.41) is 22.3. The van der Waals surface area contributed by atoms with E-state index in [1.807, 2.05) is 0 Å². The fourth-order valence-corrected chi connectivity index (χ4v) is 2.40. The SMILES string of the molecule is N/C(CC1(COc2cc(Br)cc([N+](=O)[O-])c2)CC1)=N/O. The zero-order valence-corrected chi connectivity index (χ0v) is 12.2. The van der Waals surface area contributed by atoms with Crippen LogP contribution in [0.25, 0.3) is 0 Å². The summed E-state index contributed by atoms with van der Waals surface area (Å²) < 4.78 is 6.21. The van der Waals surface area contributed by atoms with Crippen LogP contribution in [0.1, 0.15) is 19.3 Å². The van der Waals surface area contributed by atoms with E-state index >= 15 is 0 Å². The van der Waals surface area contributed by atoms with Gasteiger partial charge in [0.15, 0.2) is 0 Å². The molecular formula is C12H14BrN3O4. The minimum Gasteiger partial charge on any atom is -0.493 e. The average Bonchev–Trinajstić information content (AvgIpc) is 3.16. The second-order valence-electron chi connectivity index (χ2n) is 4.96. The first-order valence-electron chi connectivity index (χ1n) is 5.98. The van der Waals surface area contributed by atoms with Gasteiger partial charge in [0.2, 0.25) is 0 Å². The van der Waals surface area contributed by atoms with Crippen molar-refractivity contribution in [2.45, 2.75) is 19.3 Å². The Bertz CT molecular complexity index is 558. The fourth-order valence-electron chi connectivity index (χ4n) is 1.94. The molecule has 1 aromatic carbocycles. The van der Waals surface area contributed by atoms with Crippen LogP contribution in [0, 0.1) is 15.5 Å². The highest BCUT2D eigenvalue weighted by Crippen LogP contribution is 2.49. The van der Waals surface area contributed by atoms with Gasteiger partial charge < -0.3 is 15.7 Å². The molecule has 108 valence electrons. The largest absolute Gasteiger partial charge is 0.493 e. The van der Waals surface area contributed by atoms with E-state index in [9.17, 15) is 10.1 Å². The molecule has 7 nitrogen and oxygen atoms in total. The van der Waals surface area contributed by atoms with Crippen LogP contribution in [-0.4, -0.2) is 22.6 Å². The van der Waals surface area contributed by atoms with Gasteiger partial charge in [0.25, 0.3) is 5.69 Å². The molecule has 8 heteroatoms. The van der Waals surface area contributed by atoms with E-state index in [1.165, 1.54) is 12.1 Å². The zero-order chi connectivity index (χ0) is 14.8. The number of hydrogen-bond donors (Lipinski definition) is 2. The number of nitro groups is 1. The molecule has 1 saturated carbocycles. The number of non-ortho nitro benzene ring substituents is 1. The van der Waals surface area contributed by atoms with Crippen molar-refractivity contribution in [1.29, 1.82) is 0 Å². The summed E-state index contributed by atoms with van der Waals surface area (Å²) in [5.41, 5.74) is 5.35. The van der Waals surface area contributed by atoms with Gasteiger partial charge in [0, 0.05) is 22.4 Å². The maximum absolute atomic E-state index is 10.8. The van der Waals surface area contributed by atoms with Crippen molar-refractivity contribution in [3.63, 3.8) is 0 Å². The minimum atomic E-state index is -0.471. The number of oxime groups is 1. The molecular weight excluding hydrogens is 330 g/mol. The summed E-state index contributed by atoms with van der Waals surface area (Å²) in [6, 6.07) is 4.47. The van der Waals surface area contributed by atoms with E-state index in [2.05, 4.69) is 21.1 Å². The number of halogens is 1. The summed E-state index contributed by atoms with van der Waals surface area (Å²) in [6.45, 7) is 0.386. The molecule has 1 aliphatic carbocycles. The first-order chi connectivity index (χ1) is 9.44. The van der Waals surface area contributed by atoms with Crippen LogP contribution in [0.5, 0.6) is 5.75 Å². The quantitative estimate of drug-likeness (QED) is 0.271. The van der Waals surface area contributed by atoms with Gasteiger partial charge in [-0.15, -0.1) is 0 Å². The van der Waals surface area contributed by atoms with Crippen LogP contribution < -0.4 is 10.5 Å². The van der Waals surface area contributed by atoms with Gasteiger partial charge in [-0.3, -0.25) is 10.1 Å². The second-order valence-corrected chi connectivity index (χ2v) is 5.87. The third-order valence-electron chi connectivity index (χ3n) is 3.25.